The second-order valence-corrected chi connectivity index (χ2v) is 7.72. The Morgan fingerprint density at radius 2 is 1.66 bits per heavy atom. The predicted molar refractivity (Wildman–Crippen MR) is 122 cm³/mol. The molecule has 160 valence electrons. The lowest BCUT2D eigenvalue weighted by atomic mass is 9.91. The van der Waals surface area contributed by atoms with Crippen LogP contribution in [0.25, 0.3) is 10.8 Å². The molecule has 2 fully saturated rings. The number of rotatable bonds is 4. The molecule has 2 aromatic carbocycles. The number of amides is 1. The number of benzene rings is 2. The number of carbonyl (C=O) groups excluding carboxylic acids is 1. The lowest BCUT2D eigenvalue weighted by molar-refractivity contribution is -0.136. The molecule has 0 aliphatic carbocycles. The van der Waals surface area contributed by atoms with Gasteiger partial charge in [-0.15, -0.1) is 24.8 Å². The van der Waals surface area contributed by atoms with Crippen LogP contribution < -0.4 is 5.73 Å². The first-order valence-electron chi connectivity index (χ1n) is 10.0. The molecule has 5 nitrogen and oxygen atoms in total. The second kappa shape index (κ2) is 11.1. The van der Waals surface area contributed by atoms with Gasteiger partial charge in [0.1, 0.15) is 0 Å². The molecule has 4 rings (SSSR count). The lowest BCUT2D eigenvalue weighted by Gasteiger charge is -2.37. The smallest absolute Gasteiger partial charge is 0.239 e. The largest absolute Gasteiger partial charge is 0.381 e. The molecule has 1 atom stereocenters. The van der Waals surface area contributed by atoms with Gasteiger partial charge in [-0.3, -0.25) is 9.69 Å². The Bertz CT molecular complexity index is 785. The maximum absolute atomic E-state index is 12.8. The van der Waals surface area contributed by atoms with Crippen molar-refractivity contribution < 1.29 is 9.53 Å². The van der Waals surface area contributed by atoms with E-state index in [-0.39, 0.29) is 42.7 Å². The van der Waals surface area contributed by atoms with E-state index in [2.05, 4.69) is 47.4 Å². The fraction of sp³-hybridized carbons (Fsp3) is 0.500. The Morgan fingerprint density at radius 1 is 1.00 bits per heavy atom. The first-order valence-corrected chi connectivity index (χ1v) is 10.0. The van der Waals surface area contributed by atoms with Crippen molar-refractivity contribution in [3.05, 3.63) is 48.0 Å². The molecular weight excluding hydrogens is 409 g/mol. The van der Waals surface area contributed by atoms with E-state index < -0.39 is 0 Å². The van der Waals surface area contributed by atoms with Crippen molar-refractivity contribution in [2.24, 2.45) is 11.7 Å². The molecule has 0 aromatic heterocycles. The van der Waals surface area contributed by atoms with E-state index in [1.54, 1.807) is 0 Å². The number of hydrogen-bond acceptors (Lipinski definition) is 4. The van der Waals surface area contributed by atoms with Gasteiger partial charge in [0.2, 0.25) is 5.91 Å². The topological polar surface area (TPSA) is 58.8 Å². The van der Waals surface area contributed by atoms with E-state index in [0.29, 0.717) is 0 Å². The first-order chi connectivity index (χ1) is 13.2. The molecule has 2 aliphatic rings. The predicted octanol–water partition coefficient (Wildman–Crippen LogP) is 3.08. The highest BCUT2D eigenvalue weighted by Crippen LogP contribution is 2.22. The highest BCUT2D eigenvalue weighted by atomic mass is 35.5. The van der Waals surface area contributed by atoms with Gasteiger partial charge in [0, 0.05) is 45.9 Å². The molecule has 29 heavy (non-hydrogen) atoms. The van der Waals surface area contributed by atoms with Crippen LogP contribution in [0.4, 0.5) is 0 Å². The standard InChI is InChI=1S/C22H29N3O2.2ClH/c23-21(18-8-14-27-15-9-18)22(26)25-12-10-24(11-13-25)16-19-6-3-5-17-4-1-2-7-20(17)19;;/h1-7,18,21H,8-16,23H2;2*1H. The van der Waals surface area contributed by atoms with Gasteiger partial charge >= 0.3 is 0 Å². The number of fused-ring (bicyclic) bond motifs is 1. The molecule has 2 aromatic rings. The van der Waals surface area contributed by atoms with Crippen molar-refractivity contribution in [1.82, 2.24) is 9.80 Å². The van der Waals surface area contributed by atoms with E-state index in [1.807, 2.05) is 4.90 Å². The maximum Gasteiger partial charge on any atom is 0.239 e. The van der Waals surface area contributed by atoms with Crippen LogP contribution in [0.3, 0.4) is 0 Å². The molecule has 7 heteroatoms. The van der Waals surface area contributed by atoms with Crippen LogP contribution >= 0.6 is 24.8 Å². The fourth-order valence-electron chi connectivity index (χ4n) is 4.29. The number of halogens is 2. The van der Waals surface area contributed by atoms with Gasteiger partial charge < -0.3 is 15.4 Å². The summed E-state index contributed by atoms with van der Waals surface area (Å²) in [5, 5.41) is 2.60. The minimum Gasteiger partial charge on any atom is -0.381 e. The van der Waals surface area contributed by atoms with E-state index in [4.69, 9.17) is 10.5 Å². The minimum atomic E-state index is -0.376. The first kappa shape index (κ1) is 23.9. The van der Waals surface area contributed by atoms with Gasteiger partial charge in [-0.25, -0.2) is 0 Å². The van der Waals surface area contributed by atoms with Gasteiger partial charge in [-0.1, -0.05) is 42.5 Å². The van der Waals surface area contributed by atoms with Gasteiger partial charge in [-0.2, -0.15) is 0 Å². The Labute approximate surface area is 185 Å². The third kappa shape index (κ3) is 5.62. The van der Waals surface area contributed by atoms with E-state index >= 15 is 0 Å². The lowest BCUT2D eigenvalue weighted by Crippen LogP contribution is -2.55. The maximum atomic E-state index is 12.8. The van der Waals surface area contributed by atoms with E-state index in [9.17, 15) is 4.79 Å². The molecule has 1 unspecified atom stereocenters. The Kier molecular flexibility index (Phi) is 9.18. The van der Waals surface area contributed by atoms with Gasteiger partial charge in [0.05, 0.1) is 6.04 Å². The molecule has 2 aliphatic heterocycles. The number of carbonyl (C=O) groups is 1. The summed E-state index contributed by atoms with van der Waals surface area (Å²) in [7, 11) is 0. The average molecular weight is 440 g/mol. The summed E-state index contributed by atoms with van der Waals surface area (Å²) in [4.78, 5) is 17.2. The summed E-state index contributed by atoms with van der Waals surface area (Å²) >= 11 is 0. The van der Waals surface area contributed by atoms with Crippen LogP contribution in [0.15, 0.2) is 42.5 Å². The van der Waals surface area contributed by atoms with Crippen LogP contribution in [0, 0.1) is 5.92 Å². The highest BCUT2D eigenvalue weighted by Gasteiger charge is 2.31. The number of piperazine rings is 1. The summed E-state index contributed by atoms with van der Waals surface area (Å²) < 4.78 is 5.39. The van der Waals surface area contributed by atoms with Crippen LogP contribution in [0.1, 0.15) is 18.4 Å². The molecule has 0 bridgehead atoms. The summed E-state index contributed by atoms with van der Waals surface area (Å²) in [6.45, 7) is 5.70. The molecule has 2 N–H and O–H groups in total. The van der Waals surface area contributed by atoms with Crippen molar-refractivity contribution in [3.8, 4) is 0 Å². The van der Waals surface area contributed by atoms with Crippen molar-refractivity contribution in [3.63, 3.8) is 0 Å². The zero-order chi connectivity index (χ0) is 18.6. The summed E-state index contributed by atoms with van der Waals surface area (Å²) in [6, 6.07) is 14.7. The summed E-state index contributed by atoms with van der Waals surface area (Å²) in [5.74, 6) is 0.381. The van der Waals surface area contributed by atoms with Crippen LogP contribution in [0.5, 0.6) is 0 Å². The Morgan fingerprint density at radius 3 is 2.38 bits per heavy atom. The van der Waals surface area contributed by atoms with E-state index in [1.165, 1.54) is 16.3 Å². The molecule has 0 spiro atoms. The second-order valence-electron chi connectivity index (χ2n) is 7.72. The average Bonchev–Trinajstić information content (AvgIpc) is 2.74. The molecular formula is C22H31Cl2N3O2. The molecule has 0 radical (unpaired) electrons. The van der Waals surface area contributed by atoms with Crippen molar-refractivity contribution >= 4 is 41.5 Å². The van der Waals surface area contributed by atoms with Crippen LogP contribution in [-0.2, 0) is 16.1 Å². The normalized spacial score (nSPS) is 19.3. The highest BCUT2D eigenvalue weighted by molar-refractivity contribution is 5.86. The van der Waals surface area contributed by atoms with Crippen molar-refractivity contribution in [2.45, 2.75) is 25.4 Å². The SMILES string of the molecule is Cl.Cl.NC(C(=O)N1CCN(Cc2cccc3ccccc23)CC1)C1CCOCC1. The number of nitrogens with two attached hydrogens (primary N) is 1. The number of nitrogens with zero attached hydrogens (tertiary/aromatic N) is 2. The number of hydrogen-bond donors (Lipinski definition) is 1. The molecule has 1 amide bonds. The van der Waals surface area contributed by atoms with Crippen molar-refractivity contribution in [2.75, 3.05) is 39.4 Å². The Balaban J connectivity index is 0.00000150. The van der Waals surface area contributed by atoms with E-state index in [0.717, 1.165) is 58.8 Å². The third-order valence-corrected chi connectivity index (χ3v) is 6.02. The number of ether oxygens (including phenoxy) is 1. The summed E-state index contributed by atoms with van der Waals surface area (Å²) in [6.07, 6.45) is 1.79. The quantitative estimate of drug-likeness (QED) is 0.794. The molecule has 2 saturated heterocycles. The van der Waals surface area contributed by atoms with Crippen LogP contribution in [-0.4, -0.2) is 61.1 Å². The summed E-state index contributed by atoms with van der Waals surface area (Å²) in [5.41, 5.74) is 7.64. The van der Waals surface area contributed by atoms with Gasteiger partial charge in [0.25, 0.3) is 0 Å². The molecule has 0 saturated carbocycles. The minimum absolute atomic E-state index is 0. The van der Waals surface area contributed by atoms with Gasteiger partial charge in [-0.05, 0) is 35.1 Å². The van der Waals surface area contributed by atoms with Gasteiger partial charge in [0.15, 0.2) is 0 Å². The van der Waals surface area contributed by atoms with Crippen molar-refractivity contribution in [1.29, 1.82) is 0 Å². The monoisotopic (exact) mass is 439 g/mol. The molecule has 2 heterocycles. The fourth-order valence-corrected chi connectivity index (χ4v) is 4.29. The zero-order valence-corrected chi connectivity index (χ0v) is 18.3. The third-order valence-electron chi connectivity index (χ3n) is 6.02. The Hall–Kier alpha value is -1.37. The zero-order valence-electron chi connectivity index (χ0n) is 16.7. The van der Waals surface area contributed by atoms with Crippen LogP contribution in [0.2, 0.25) is 0 Å².